The molecule has 1 aromatic carbocycles. The van der Waals surface area contributed by atoms with Crippen LogP contribution in [0, 0.1) is 0 Å². The Morgan fingerprint density at radius 3 is 2.68 bits per heavy atom. The van der Waals surface area contributed by atoms with E-state index in [4.69, 9.17) is 9.52 Å². The zero-order chi connectivity index (χ0) is 18.0. The van der Waals surface area contributed by atoms with Crippen LogP contribution >= 0.6 is 0 Å². The minimum atomic E-state index is -0.994. The van der Waals surface area contributed by atoms with Gasteiger partial charge in [-0.2, -0.15) is 0 Å². The average molecular weight is 342 g/mol. The zero-order valence-corrected chi connectivity index (χ0v) is 13.7. The largest absolute Gasteiger partial charge is 0.478 e. The van der Waals surface area contributed by atoms with Crippen molar-refractivity contribution >= 4 is 17.8 Å². The molecule has 3 rings (SSSR count). The second-order valence-corrected chi connectivity index (χ2v) is 6.01. The van der Waals surface area contributed by atoms with Gasteiger partial charge < -0.3 is 19.7 Å². The first-order valence-corrected chi connectivity index (χ1v) is 7.92. The lowest BCUT2D eigenvalue weighted by molar-refractivity contribution is -0.133. The Labute approximate surface area is 144 Å². The number of amides is 2. The minimum absolute atomic E-state index is 0.203. The number of hydrogen-bond acceptors (Lipinski definition) is 4. The molecule has 1 atom stereocenters. The van der Waals surface area contributed by atoms with Gasteiger partial charge in [-0.1, -0.05) is 6.07 Å². The van der Waals surface area contributed by atoms with E-state index in [1.165, 1.54) is 18.6 Å². The number of hydrogen-bond donors (Lipinski definition) is 2. The van der Waals surface area contributed by atoms with Crippen molar-refractivity contribution in [3.63, 3.8) is 0 Å². The monoisotopic (exact) mass is 342 g/mol. The van der Waals surface area contributed by atoms with Gasteiger partial charge in [0.1, 0.15) is 12.3 Å². The lowest BCUT2D eigenvalue weighted by Crippen LogP contribution is -2.48. The topological polar surface area (TPSA) is 99.9 Å². The Hall–Kier alpha value is -3.09. The first kappa shape index (κ1) is 16.8. The van der Waals surface area contributed by atoms with Gasteiger partial charge in [-0.25, -0.2) is 4.79 Å². The third kappa shape index (κ3) is 3.55. The van der Waals surface area contributed by atoms with Crippen molar-refractivity contribution in [1.29, 1.82) is 0 Å². The average Bonchev–Trinajstić information content (AvgIpc) is 3.14. The first-order valence-electron chi connectivity index (χ1n) is 7.92. The standard InChI is InChI=1S/C18H18N2O5/c1-11(19-16(21)14-5-7-25-10-14)17(22)20-6-4-12-2-3-13(18(23)24)8-15(12)9-20/h2-3,5,7-8,10-11H,4,6,9H2,1H3,(H,19,21)(H,23,24). The van der Waals surface area contributed by atoms with Gasteiger partial charge in [-0.05, 0) is 42.7 Å². The molecule has 7 nitrogen and oxygen atoms in total. The molecule has 130 valence electrons. The van der Waals surface area contributed by atoms with E-state index in [0.29, 0.717) is 25.1 Å². The number of carboxylic acids is 1. The number of carboxylic acid groups (broad SMARTS) is 1. The zero-order valence-electron chi connectivity index (χ0n) is 13.7. The third-order valence-corrected chi connectivity index (χ3v) is 4.28. The molecule has 0 aliphatic carbocycles. The highest BCUT2D eigenvalue weighted by atomic mass is 16.4. The summed E-state index contributed by atoms with van der Waals surface area (Å²) in [6, 6.07) is 5.81. The Balaban J connectivity index is 1.68. The molecule has 0 radical (unpaired) electrons. The van der Waals surface area contributed by atoms with Crippen molar-refractivity contribution in [3.05, 3.63) is 59.0 Å². The summed E-state index contributed by atoms with van der Waals surface area (Å²) < 4.78 is 4.86. The number of nitrogens with one attached hydrogen (secondary N) is 1. The highest BCUT2D eigenvalue weighted by Crippen LogP contribution is 2.21. The Kier molecular flexibility index (Phi) is 4.56. The fourth-order valence-electron chi connectivity index (χ4n) is 2.89. The van der Waals surface area contributed by atoms with Crippen molar-refractivity contribution in [2.75, 3.05) is 6.54 Å². The summed E-state index contributed by atoms with van der Waals surface area (Å²) in [5.74, 6) is -1.57. The fourth-order valence-corrected chi connectivity index (χ4v) is 2.89. The molecule has 1 aliphatic heterocycles. The summed E-state index contributed by atoms with van der Waals surface area (Å²) in [5, 5.41) is 11.8. The predicted molar refractivity (Wildman–Crippen MR) is 88.2 cm³/mol. The minimum Gasteiger partial charge on any atom is -0.478 e. The normalized spacial score (nSPS) is 14.5. The lowest BCUT2D eigenvalue weighted by Gasteiger charge is -2.31. The molecule has 0 saturated carbocycles. The van der Waals surface area contributed by atoms with E-state index in [1.54, 1.807) is 30.0 Å². The molecule has 7 heteroatoms. The summed E-state index contributed by atoms with van der Waals surface area (Å²) in [5.41, 5.74) is 2.43. The number of carbonyl (C=O) groups excluding carboxylic acids is 2. The molecule has 0 fully saturated rings. The third-order valence-electron chi connectivity index (χ3n) is 4.28. The summed E-state index contributed by atoms with van der Waals surface area (Å²) in [4.78, 5) is 37.4. The van der Waals surface area contributed by atoms with E-state index in [9.17, 15) is 14.4 Å². The maximum absolute atomic E-state index is 12.6. The van der Waals surface area contributed by atoms with Crippen molar-refractivity contribution in [2.45, 2.75) is 25.9 Å². The quantitative estimate of drug-likeness (QED) is 0.880. The summed E-state index contributed by atoms with van der Waals surface area (Å²) >= 11 is 0. The van der Waals surface area contributed by atoms with E-state index in [2.05, 4.69) is 5.32 Å². The van der Waals surface area contributed by atoms with Crippen molar-refractivity contribution in [3.8, 4) is 0 Å². The van der Waals surface area contributed by atoms with Gasteiger partial charge in [-0.3, -0.25) is 9.59 Å². The summed E-state index contributed by atoms with van der Waals surface area (Å²) in [6.07, 6.45) is 3.36. The van der Waals surface area contributed by atoms with Crippen molar-refractivity contribution in [2.24, 2.45) is 0 Å². The van der Waals surface area contributed by atoms with Gasteiger partial charge in [0.15, 0.2) is 0 Å². The first-order chi connectivity index (χ1) is 12.0. The fraction of sp³-hybridized carbons (Fsp3) is 0.278. The van der Waals surface area contributed by atoms with Gasteiger partial charge in [0.05, 0.1) is 17.4 Å². The number of nitrogens with zero attached hydrogens (tertiary/aromatic N) is 1. The number of rotatable bonds is 4. The van der Waals surface area contributed by atoms with Crippen molar-refractivity contribution in [1.82, 2.24) is 10.2 Å². The molecule has 2 N–H and O–H groups in total. The Morgan fingerprint density at radius 1 is 1.20 bits per heavy atom. The van der Waals surface area contributed by atoms with Crippen LogP contribution in [-0.2, 0) is 17.8 Å². The maximum atomic E-state index is 12.6. The predicted octanol–water partition coefficient (Wildman–Crippen LogP) is 1.68. The van der Waals surface area contributed by atoms with Crippen LogP contribution in [-0.4, -0.2) is 40.4 Å². The molecular formula is C18H18N2O5. The van der Waals surface area contributed by atoms with Crippen LogP contribution in [0.15, 0.2) is 41.2 Å². The van der Waals surface area contributed by atoms with Crippen LogP contribution < -0.4 is 5.32 Å². The SMILES string of the molecule is CC(NC(=O)c1ccoc1)C(=O)N1CCc2ccc(C(=O)O)cc2C1. The van der Waals surface area contributed by atoms with E-state index in [1.807, 2.05) is 0 Å². The molecule has 0 spiro atoms. The van der Waals surface area contributed by atoms with Crippen LogP contribution in [0.3, 0.4) is 0 Å². The summed E-state index contributed by atoms with van der Waals surface area (Å²) in [7, 11) is 0. The molecule has 0 saturated heterocycles. The van der Waals surface area contributed by atoms with Gasteiger partial charge in [0, 0.05) is 13.1 Å². The molecular weight excluding hydrogens is 324 g/mol. The molecule has 1 unspecified atom stereocenters. The molecule has 1 aliphatic rings. The van der Waals surface area contributed by atoms with Crippen LogP contribution in [0.25, 0.3) is 0 Å². The van der Waals surface area contributed by atoms with Crippen LogP contribution in [0.5, 0.6) is 0 Å². The van der Waals surface area contributed by atoms with Crippen molar-refractivity contribution < 1.29 is 23.9 Å². The molecule has 2 heterocycles. The van der Waals surface area contributed by atoms with Crippen LogP contribution in [0.1, 0.15) is 38.8 Å². The maximum Gasteiger partial charge on any atom is 0.335 e. The molecule has 2 amide bonds. The highest BCUT2D eigenvalue weighted by molar-refractivity contribution is 5.97. The van der Waals surface area contributed by atoms with E-state index < -0.39 is 12.0 Å². The Morgan fingerprint density at radius 2 is 2.00 bits per heavy atom. The van der Waals surface area contributed by atoms with Gasteiger partial charge in [0.2, 0.25) is 5.91 Å². The molecule has 0 bridgehead atoms. The number of furan rings is 1. The number of aromatic carboxylic acids is 1. The highest BCUT2D eigenvalue weighted by Gasteiger charge is 2.26. The van der Waals surface area contributed by atoms with Gasteiger partial charge in [-0.15, -0.1) is 0 Å². The van der Waals surface area contributed by atoms with E-state index >= 15 is 0 Å². The van der Waals surface area contributed by atoms with E-state index in [-0.39, 0.29) is 17.4 Å². The number of carbonyl (C=O) groups is 3. The molecule has 2 aromatic rings. The van der Waals surface area contributed by atoms with E-state index in [0.717, 1.165) is 11.1 Å². The van der Waals surface area contributed by atoms with Crippen LogP contribution in [0.4, 0.5) is 0 Å². The smallest absolute Gasteiger partial charge is 0.335 e. The van der Waals surface area contributed by atoms with Gasteiger partial charge >= 0.3 is 5.97 Å². The number of fused-ring (bicyclic) bond motifs is 1. The second kappa shape index (κ2) is 6.80. The second-order valence-electron chi connectivity index (χ2n) is 6.01. The Bertz CT molecular complexity index is 813. The van der Waals surface area contributed by atoms with Gasteiger partial charge in [0.25, 0.3) is 5.91 Å². The van der Waals surface area contributed by atoms with Crippen LogP contribution in [0.2, 0.25) is 0 Å². The summed E-state index contributed by atoms with van der Waals surface area (Å²) in [6.45, 7) is 2.49. The lowest BCUT2D eigenvalue weighted by atomic mass is 9.97. The number of benzene rings is 1. The molecule has 1 aromatic heterocycles. The molecule has 25 heavy (non-hydrogen) atoms.